The number of ether oxygens (including phenoxy) is 2. The maximum absolute atomic E-state index is 11.0. The van der Waals surface area contributed by atoms with E-state index in [1.54, 1.807) is 4.90 Å². The largest absolute Gasteiger partial charge is 0.467 e. The van der Waals surface area contributed by atoms with Gasteiger partial charge in [0.05, 0.1) is 20.1 Å². The third kappa shape index (κ3) is 0.896. The number of methoxy groups -OCH3 is 1. The van der Waals surface area contributed by atoms with Gasteiger partial charge in [0.15, 0.2) is 6.10 Å². The van der Waals surface area contributed by atoms with Crippen molar-refractivity contribution in [1.82, 2.24) is 4.90 Å². The zero-order valence-electron chi connectivity index (χ0n) is 6.65. The monoisotopic (exact) mass is 171 g/mol. The Morgan fingerprint density at radius 1 is 1.75 bits per heavy atom. The van der Waals surface area contributed by atoms with Crippen molar-refractivity contribution in [2.24, 2.45) is 0 Å². The second kappa shape index (κ2) is 2.45. The van der Waals surface area contributed by atoms with E-state index in [4.69, 9.17) is 4.74 Å². The van der Waals surface area contributed by atoms with Crippen LogP contribution in [0, 0.1) is 0 Å². The molecule has 2 aliphatic heterocycles. The maximum Gasteiger partial charge on any atom is 0.336 e. The summed E-state index contributed by atoms with van der Waals surface area (Å²) in [7, 11) is 1.31. The first-order chi connectivity index (χ1) is 5.72. The Morgan fingerprint density at radius 3 is 3.00 bits per heavy atom. The highest BCUT2D eigenvalue weighted by Crippen LogP contribution is 2.28. The van der Waals surface area contributed by atoms with E-state index in [9.17, 15) is 9.59 Å². The molecule has 0 saturated carbocycles. The number of nitrogens with zero attached hydrogens (tertiary/aromatic N) is 1. The lowest BCUT2D eigenvalue weighted by Gasteiger charge is -2.31. The van der Waals surface area contributed by atoms with E-state index in [0.717, 1.165) is 0 Å². The molecule has 66 valence electrons. The van der Waals surface area contributed by atoms with Crippen LogP contribution in [0.15, 0.2) is 0 Å². The summed E-state index contributed by atoms with van der Waals surface area (Å²) >= 11 is 0. The standard InChI is InChI=1S/C7H9NO4/c1-11-7(10)4-3-8-5(9)2-6(8)12-4/h4,6H,2-3H2,1H3/t4-,6+/m0/s1. The Labute approximate surface area is 69.2 Å². The van der Waals surface area contributed by atoms with Gasteiger partial charge in [-0.15, -0.1) is 0 Å². The Morgan fingerprint density at radius 2 is 2.50 bits per heavy atom. The van der Waals surface area contributed by atoms with Crippen LogP contribution in [-0.4, -0.2) is 42.8 Å². The van der Waals surface area contributed by atoms with Crippen LogP contribution in [0.4, 0.5) is 0 Å². The molecule has 1 amide bonds. The molecule has 0 aromatic rings. The van der Waals surface area contributed by atoms with Crippen molar-refractivity contribution in [2.45, 2.75) is 18.8 Å². The van der Waals surface area contributed by atoms with Crippen molar-refractivity contribution in [3.63, 3.8) is 0 Å². The van der Waals surface area contributed by atoms with Crippen LogP contribution in [0.5, 0.6) is 0 Å². The lowest BCUT2D eigenvalue weighted by atomic mass is 10.2. The fourth-order valence-corrected chi connectivity index (χ4v) is 1.44. The van der Waals surface area contributed by atoms with E-state index in [-0.39, 0.29) is 12.1 Å². The molecular formula is C7H9NO4. The number of β-lactam (4-membered cyclic amide) rings is 1. The second-order valence-electron chi connectivity index (χ2n) is 2.85. The molecule has 2 heterocycles. The molecule has 2 atom stereocenters. The van der Waals surface area contributed by atoms with Gasteiger partial charge in [-0.1, -0.05) is 0 Å². The maximum atomic E-state index is 11.0. The summed E-state index contributed by atoms with van der Waals surface area (Å²) in [6.45, 7) is 0.343. The minimum atomic E-state index is -0.577. The molecule has 2 rings (SSSR count). The molecule has 0 aromatic carbocycles. The molecule has 0 spiro atoms. The number of carbonyl (C=O) groups is 2. The van der Waals surface area contributed by atoms with Crippen LogP contribution in [-0.2, 0) is 19.1 Å². The van der Waals surface area contributed by atoms with Crippen molar-refractivity contribution < 1.29 is 19.1 Å². The zero-order chi connectivity index (χ0) is 8.72. The Bertz CT molecular complexity index is 240. The highest BCUT2D eigenvalue weighted by atomic mass is 16.6. The third-order valence-corrected chi connectivity index (χ3v) is 2.17. The summed E-state index contributed by atoms with van der Waals surface area (Å²) in [5.74, 6) is -0.358. The summed E-state index contributed by atoms with van der Waals surface area (Å²) in [6, 6.07) is 0. The molecule has 2 aliphatic rings. The van der Waals surface area contributed by atoms with E-state index >= 15 is 0 Å². The van der Waals surface area contributed by atoms with Gasteiger partial charge in [-0.3, -0.25) is 4.79 Å². The molecule has 5 heteroatoms. The van der Waals surface area contributed by atoms with E-state index in [2.05, 4.69) is 4.74 Å². The van der Waals surface area contributed by atoms with Gasteiger partial charge in [-0.05, 0) is 0 Å². The van der Waals surface area contributed by atoms with Crippen LogP contribution in [0.1, 0.15) is 6.42 Å². The van der Waals surface area contributed by atoms with Crippen molar-refractivity contribution in [1.29, 1.82) is 0 Å². The Balaban J connectivity index is 1.98. The summed E-state index contributed by atoms with van der Waals surface area (Å²) < 4.78 is 9.71. The molecule has 0 aromatic heterocycles. The lowest BCUT2D eigenvalue weighted by Crippen LogP contribution is -2.48. The molecule has 2 fully saturated rings. The molecule has 0 N–H and O–H groups in total. The number of esters is 1. The third-order valence-electron chi connectivity index (χ3n) is 2.17. The van der Waals surface area contributed by atoms with Crippen molar-refractivity contribution >= 4 is 11.9 Å². The van der Waals surface area contributed by atoms with Gasteiger partial charge in [0.25, 0.3) is 0 Å². The molecule has 5 nitrogen and oxygen atoms in total. The predicted octanol–water partition coefficient (Wildman–Crippen LogP) is -0.883. The lowest BCUT2D eigenvalue weighted by molar-refractivity contribution is -0.163. The van der Waals surface area contributed by atoms with Crippen molar-refractivity contribution in [2.75, 3.05) is 13.7 Å². The van der Waals surface area contributed by atoms with Gasteiger partial charge in [-0.2, -0.15) is 0 Å². The first kappa shape index (κ1) is 7.54. The summed E-state index contributed by atoms with van der Waals surface area (Å²) in [4.78, 5) is 23.4. The van der Waals surface area contributed by atoms with Gasteiger partial charge < -0.3 is 14.4 Å². The van der Waals surface area contributed by atoms with E-state index in [1.165, 1.54) is 7.11 Å². The molecule has 0 aliphatic carbocycles. The Kier molecular flexibility index (Phi) is 1.54. The van der Waals surface area contributed by atoms with Crippen LogP contribution in [0.3, 0.4) is 0 Å². The summed E-state index contributed by atoms with van der Waals surface area (Å²) in [5, 5.41) is 0. The molecule has 0 radical (unpaired) electrons. The number of carbonyl (C=O) groups excluding carboxylic acids is 2. The van der Waals surface area contributed by atoms with E-state index < -0.39 is 12.1 Å². The average molecular weight is 171 g/mol. The van der Waals surface area contributed by atoms with E-state index in [1.807, 2.05) is 0 Å². The highest BCUT2D eigenvalue weighted by molar-refractivity contribution is 5.85. The van der Waals surface area contributed by atoms with Gasteiger partial charge in [0.1, 0.15) is 6.23 Å². The molecular weight excluding hydrogens is 162 g/mol. The summed E-state index contributed by atoms with van der Waals surface area (Å²) in [5.41, 5.74) is 0. The minimum Gasteiger partial charge on any atom is -0.467 e. The number of hydrogen-bond donors (Lipinski definition) is 0. The molecule has 0 unspecified atom stereocenters. The van der Waals surface area contributed by atoms with Crippen LogP contribution >= 0.6 is 0 Å². The SMILES string of the molecule is COC(=O)[C@@H]1CN2C(=O)C[C@H]2O1. The van der Waals surface area contributed by atoms with Crippen molar-refractivity contribution in [3.8, 4) is 0 Å². The Hall–Kier alpha value is -1.10. The van der Waals surface area contributed by atoms with Gasteiger partial charge in [0, 0.05) is 0 Å². The molecule has 12 heavy (non-hydrogen) atoms. The fraction of sp³-hybridized carbons (Fsp3) is 0.714. The smallest absolute Gasteiger partial charge is 0.336 e. The quantitative estimate of drug-likeness (QED) is 0.379. The number of amides is 1. The van der Waals surface area contributed by atoms with E-state index in [0.29, 0.717) is 13.0 Å². The summed E-state index contributed by atoms with van der Waals surface area (Å²) in [6.07, 6.45) is -0.360. The fourth-order valence-electron chi connectivity index (χ4n) is 1.44. The first-order valence-corrected chi connectivity index (χ1v) is 3.75. The molecule has 2 saturated heterocycles. The van der Waals surface area contributed by atoms with Gasteiger partial charge in [0.2, 0.25) is 5.91 Å². The number of hydrogen-bond acceptors (Lipinski definition) is 4. The first-order valence-electron chi connectivity index (χ1n) is 3.75. The normalized spacial score (nSPS) is 32.8. The van der Waals surface area contributed by atoms with Crippen LogP contribution in [0.2, 0.25) is 0 Å². The topological polar surface area (TPSA) is 55.8 Å². The highest BCUT2D eigenvalue weighted by Gasteiger charge is 2.47. The van der Waals surface area contributed by atoms with Crippen molar-refractivity contribution in [3.05, 3.63) is 0 Å². The average Bonchev–Trinajstić information content (AvgIpc) is 2.41. The minimum absolute atomic E-state index is 0.0476. The second-order valence-corrected chi connectivity index (χ2v) is 2.85. The zero-order valence-corrected chi connectivity index (χ0v) is 6.65. The van der Waals surface area contributed by atoms with Gasteiger partial charge >= 0.3 is 5.97 Å². The predicted molar refractivity (Wildman–Crippen MR) is 37.0 cm³/mol. The number of rotatable bonds is 1. The van der Waals surface area contributed by atoms with Crippen LogP contribution < -0.4 is 0 Å². The molecule has 0 bridgehead atoms. The number of fused-ring (bicyclic) bond motifs is 1. The van der Waals surface area contributed by atoms with Crippen LogP contribution in [0.25, 0.3) is 0 Å². The van der Waals surface area contributed by atoms with Gasteiger partial charge in [-0.25, -0.2) is 4.79 Å².